The normalized spacial score (nSPS) is 5.43. The molecule has 0 aliphatic carbocycles. The molecular formula is C3H4FO3-. The van der Waals surface area contributed by atoms with Crippen LogP contribution in [0.25, 0.3) is 0 Å². The highest BCUT2D eigenvalue weighted by atomic mass is 19.3. The van der Waals surface area contributed by atoms with Gasteiger partial charge < -0.3 is 9.90 Å². The average Bonchev–Trinajstić information content (AvgIpc) is 1.73. The summed E-state index contributed by atoms with van der Waals surface area (Å²) < 4.78 is 8.50. The van der Waals surface area contributed by atoms with E-state index in [9.17, 15) is 0 Å². The molecule has 0 saturated heterocycles. The van der Waals surface area contributed by atoms with Crippen LogP contribution in [0.15, 0.2) is 12.7 Å². The largest absolute Gasteiger partial charge is 0.545 e. The van der Waals surface area contributed by atoms with Gasteiger partial charge in [0.05, 0.1) is 5.97 Å². The summed E-state index contributed by atoms with van der Waals surface area (Å²) in [5.41, 5.74) is 0. The summed E-state index contributed by atoms with van der Waals surface area (Å²) in [6.07, 6.45) is 0.722. The number of carboxylic acids is 1. The standard InChI is InChI=1S/C3H4O2.FHO/c1-2-3(4)5;1-2/h2H,1H2,(H,4,5);2H/p-1. The van der Waals surface area contributed by atoms with E-state index in [0.717, 1.165) is 6.08 Å². The summed E-state index contributed by atoms with van der Waals surface area (Å²) >= 11 is 0. The molecule has 7 heavy (non-hydrogen) atoms. The van der Waals surface area contributed by atoms with Crippen LogP contribution >= 0.6 is 0 Å². The van der Waals surface area contributed by atoms with Gasteiger partial charge in [0.2, 0.25) is 0 Å². The number of rotatable bonds is 1. The zero-order valence-corrected chi connectivity index (χ0v) is 3.43. The van der Waals surface area contributed by atoms with Gasteiger partial charge >= 0.3 is 0 Å². The molecule has 0 bridgehead atoms. The third kappa shape index (κ3) is 40.5. The first kappa shape index (κ1) is 9.44. The van der Waals surface area contributed by atoms with Crippen LogP contribution in [0.3, 0.4) is 0 Å². The summed E-state index contributed by atoms with van der Waals surface area (Å²) in [5.74, 6) is -1.23. The molecule has 0 aromatic carbocycles. The van der Waals surface area contributed by atoms with E-state index in [1.54, 1.807) is 0 Å². The van der Waals surface area contributed by atoms with Crippen molar-refractivity contribution in [3.63, 3.8) is 0 Å². The zero-order valence-electron chi connectivity index (χ0n) is 3.43. The summed E-state index contributed by atoms with van der Waals surface area (Å²) in [4.78, 5) is 9.14. The smallest absolute Gasteiger partial charge is 0.0636 e. The summed E-state index contributed by atoms with van der Waals surface area (Å²) in [6, 6.07) is 0. The van der Waals surface area contributed by atoms with Crippen LogP contribution in [0.4, 0.5) is 4.53 Å². The number of carboxylic acid groups (broad SMARTS) is 1. The molecule has 0 spiro atoms. The van der Waals surface area contributed by atoms with Gasteiger partial charge in [-0.2, -0.15) is 0 Å². The highest BCUT2D eigenvalue weighted by molar-refractivity contribution is 5.76. The fraction of sp³-hybridized carbons (Fsp3) is 0. The monoisotopic (exact) mass is 107 g/mol. The lowest BCUT2D eigenvalue weighted by molar-refractivity contribution is -0.297. The van der Waals surface area contributed by atoms with Gasteiger partial charge in [0.25, 0.3) is 0 Å². The topological polar surface area (TPSA) is 60.4 Å². The van der Waals surface area contributed by atoms with E-state index in [0.29, 0.717) is 0 Å². The molecule has 0 aromatic heterocycles. The van der Waals surface area contributed by atoms with Crippen molar-refractivity contribution in [2.45, 2.75) is 0 Å². The van der Waals surface area contributed by atoms with Crippen LogP contribution in [0.2, 0.25) is 0 Å². The molecule has 0 saturated carbocycles. The Kier molecular flexibility index (Phi) is 12.0. The Morgan fingerprint density at radius 1 is 1.86 bits per heavy atom. The molecule has 0 unspecified atom stereocenters. The van der Waals surface area contributed by atoms with Crippen molar-refractivity contribution in [3.8, 4) is 0 Å². The molecule has 0 fully saturated rings. The predicted octanol–water partition coefficient (Wildman–Crippen LogP) is -1.21. The van der Waals surface area contributed by atoms with Crippen molar-refractivity contribution in [2.75, 3.05) is 0 Å². The molecule has 1 N–H and O–H groups in total. The summed E-state index contributed by atoms with van der Waals surface area (Å²) in [7, 11) is 0. The van der Waals surface area contributed by atoms with E-state index in [1.807, 2.05) is 0 Å². The molecule has 0 aliphatic rings. The second kappa shape index (κ2) is 8.92. The van der Waals surface area contributed by atoms with Gasteiger partial charge in [-0.25, -0.2) is 5.31 Å². The van der Waals surface area contributed by atoms with Crippen LogP contribution in [0.5, 0.6) is 0 Å². The quantitative estimate of drug-likeness (QED) is 0.427. The molecular weight excluding hydrogens is 103 g/mol. The van der Waals surface area contributed by atoms with Crippen LogP contribution < -0.4 is 5.11 Å². The molecule has 0 heterocycles. The lowest BCUT2D eigenvalue weighted by atomic mass is 10.7. The summed E-state index contributed by atoms with van der Waals surface area (Å²) in [5, 5.41) is 14.6. The zero-order chi connectivity index (χ0) is 6.28. The van der Waals surface area contributed by atoms with E-state index in [2.05, 4.69) is 6.58 Å². The molecule has 0 atom stereocenters. The van der Waals surface area contributed by atoms with Gasteiger partial charge in [-0.05, 0) is 6.08 Å². The number of halogens is 1. The van der Waals surface area contributed by atoms with E-state index in [-0.39, 0.29) is 0 Å². The maximum atomic E-state index is 9.14. The Balaban J connectivity index is 0. The fourth-order valence-electron chi connectivity index (χ4n) is 0. The molecule has 0 rings (SSSR count). The minimum atomic E-state index is -1.23. The first-order chi connectivity index (χ1) is 3.27. The van der Waals surface area contributed by atoms with E-state index in [1.165, 1.54) is 0 Å². The first-order valence-corrected chi connectivity index (χ1v) is 1.27. The third-order valence-corrected chi connectivity index (χ3v) is 0.167. The van der Waals surface area contributed by atoms with Crippen molar-refractivity contribution in [1.82, 2.24) is 0 Å². The van der Waals surface area contributed by atoms with E-state index >= 15 is 0 Å². The van der Waals surface area contributed by atoms with Gasteiger partial charge in [-0.3, -0.25) is 0 Å². The van der Waals surface area contributed by atoms with Crippen molar-refractivity contribution in [2.24, 2.45) is 0 Å². The van der Waals surface area contributed by atoms with Crippen LogP contribution in [0.1, 0.15) is 0 Å². The number of hydrogen-bond donors (Lipinski definition) is 1. The average molecular weight is 107 g/mol. The molecule has 3 nitrogen and oxygen atoms in total. The van der Waals surface area contributed by atoms with Crippen molar-refractivity contribution in [1.29, 1.82) is 0 Å². The maximum absolute atomic E-state index is 9.14. The minimum Gasteiger partial charge on any atom is -0.545 e. The Hall–Kier alpha value is -0.900. The number of hydrogen-bond acceptors (Lipinski definition) is 3. The predicted molar refractivity (Wildman–Crippen MR) is 18.5 cm³/mol. The van der Waals surface area contributed by atoms with Crippen molar-refractivity contribution < 1.29 is 19.7 Å². The van der Waals surface area contributed by atoms with Gasteiger partial charge in [-0.1, -0.05) is 11.1 Å². The second-order valence-corrected chi connectivity index (χ2v) is 0.523. The van der Waals surface area contributed by atoms with Gasteiger partial charge in [0, 0.05) is 0 Å². The Morgan fingerprint density at radius 3 is 2.00 bits per heavy atom. The Bertz CT molecular complexity index is 61.2. The second-order valence-electron chi connectivity index (χ2n) is 0.523. The van der Waals surface area contributed by atoms with Crippen LogP contribution in [-0.2, 0) is 4.79 Å². The number of carbonyl (C=O) groups is 1. The van der Waals surface area contributed by atoms with E-state index in [4.69, 9.17) is 19.7 Å². The molecule has 0 aromatic rings. The Morgan fingerprint density at radius 2 is 2.00 bits per heavy atom. The first-order valence-electron chi connectivity index (χ1n) is 1.27. The van der Waals surface area contributed by atoms with Gasteiger partial charge in [0.15, 0.2) is 0 Å². The molecule has 0 radical (unpaired) electrons. The minimum absolute atomic E-state index is 0.722. The van der Waals surface area contributed by atoms with Gasteiger partial charge in [-0.15, -0.1) is 0 Å². The molecule has 42 valence electrons. The third-order valence-electron chi connectivity index (χ3n) is 0.167. The maximum Gasteiger partial charge on any atom is 0.0636 e. The molecule has 0 amide bonds. The highest BCUT2D eigenvalue weighted by Gasteiger charge is 1.55. The number of carbonyl (C=O) groups excluding carboxylic acids is 1. The molecule has 4 heteroatoms. The SMILES string of the molecule is C=CC(=O)[O-].OF. The van der Waals surface area contributed by atoms with E-state index < -0.39 is 5.97 Å². The fourth-order valence-corrected chi connectivity index (χ4v) is 0. The van der Waals surface area contributed by atoms with Crippen LogP contribution in [-0.4, -0.2) is 11.3 Å². The van der Waals surface area contributed by atoms with Crippen molar-refractivity contribution >= 4 is 5.97 Å². The van der Waals surface area contributed by atoms with Gasteiger partial charge in [0.1, 0.15) is 0 Å². The summed E-state index contributed by atoms with van der Waals surface area (Å²) in [6.45, 7) is 2.90. The lowest BCUT2D eigenvalue weighted by Gasteiger charge is -1.81. The number of aliphatic carboxylic acids is 1. The lowest BCUT2D eigenvalue weighted by Crippen LogP contribution is -2.17. The highest BCUT2D eigenvalue weighted by Crippen LogP contribution is 1.47. The Labute approximate surface area is 39.6 Å². The molecule has 0 aliphatic heterocycles. The van der Waals surface area contributed by atoms with Crippen molar-refractivity contribution in [3.05, 3.63) is 12.7 Å². The van der Waals surface area contributed by atoms with Crippen LogP contribution in [0, 0.1) is 0 Å².